The predicted octanol–water partition coefficient (Wildman–Crippen LogP) is 4.62. The van der Waals surface area contributed by atoms with Crippen molar-refractivity contribution < 1.29 is 14.6 Å². The standard InChI is InChI=1S/C22H21NO3/c24-22(25)20-9-11-23-14-18(20)6-5-16-10-12-26-21-13-17(7-8-19(16)21)15-3-1-2-4-15/h1,3-4,7-9,11,13-14,16H,2,5-6,10,12H2,(H,24,25). The van der Waals surface area contributed by atoms with Crippen molar-refractivity contribution in [1.29, 1.82) is 0 Å². The Morgan fingerprint density at radius 1 is 1.31 bits per heavy atom. The molecule has 2 aromatic rings. The fraction of sp³-hybridized carbons (Fsp3) is 0.273. The van der Waals surface area contributed by atoms with Crippen LogP contribution in [-0.4, -0.2) is 22.7 Å². The van der Waals surface area contributed by atoms with Crippen LogP contribution in [0.1, 0.15) is 52.2 Å². The van der Waals surface area contributed by atoms with Crippen molar-refractivity contribution in [2.24, 2.45) is 0 Å². The van der Waals surface area contributed by atoms with Crippen molar-refractivity contribution in [2.75, 3.05) is 6.61 Å². The second-order valence-corrected chi connectivity index (χ2v) is 6.76. The Bertz CT molecular complexity index is 898. The lowest BCUT2D eigenvalue weighted by molar-refractivity contribution is 0.0695. The van der Waals surface area contributed by atoms with Gasteiger partial charge in [0.05, 0.1) is 12.2 Å². The fourth-order valence-electron chi connectivity index (χ4n) is 3.78. The van der Waals surface area contributed by atoms with Crippen LogP contribution in [0.25, 0.3) is 5.57 Å². The molecule has 1 aromatic carbocycles. The fourth-order valence-corrected chi connectivity index (χ4v) is 3.78. The first-order chi connectivity index (χ1) is 12.7. The summed E-state index contributed by atoms with van der Waals surface area (Å²) in [6, 6.07) is 8.04. The lowest BCUT2D eigenvalue weighted by Gasteiger charge is -2.26. The van der Waals surface area contributed by atoms with Crippen LogP contribution >= 0.6 is 0 Å². The van der Waals surface area contributed by atoms with Crippen LogP contribution < -0.4 is 4.74 Å². The van der Waals surface area contributed by atoms with Gasteiger partial charge in [-0.3, -0.25) is 4.98 Å². The number of pyridine rings is 1. The van der Waals surface area contributed by atoms with Crippen LogP contribution in [0.3, 0.4) is 0 Å². The molecule has 1 aromatic heterocycles. The van der Waals surface area contributed by atoms with E-state index in [1.54, 1.807) is 12.3 Å². The minimum atomic E-state index is -0.891. The molecule has 0 spiro atoms. The van der Waals surface area contributed by atoms with Crippen LogP contribution in [0.5, 0.6) is 5.75 Å². The third kappa shape index (κ3) is 3.27. The summed E-state index contributed by atoms with van der Waals surface area (Å²) in [5.74, 6) is 0.449. The number of carbonyl (C=O) groups is 1. The molecule has 0 amide bonds. The number of hydrogen-bond donors (Lipinski definition) is 1. The number of allylic oxidation sites excluding steroid dienone is 4. The summed E-state index contributed by atoms with van der Waals surface area (Å²) in [4.78, 5) is 15.5. The van der Waals surface area contributed by atoms with Gasteiger partial charge in [-0.2, -0.15) is 0 Å². The smallest absolute Gasteiger partial charge is 0.336 e. The number of aryl methyl sites for hydroxylation is 1. The molecular weight excluding hydrogens is 326 g/mol. The lowest BCUT2D eigenvalue weighted by atomic mass is 9.86. The number of benzene rings is 1. The predicted molar refractivity (Wildman–Crippen MR) is 101 cm³/mol. The Kier molecular flexibility index (Phi) is 4.57. The molecule has 4 rings (SSSR count). The van der Waals surface area contributed by atoms with E-state index in [2.05, 4.69) is 41.4 Å². The number of ether oxygens (including phenoxy) is 1. The number of aromatic carboxylic acids is 1. The molecule has 2 aliphatic rings. The second kappa shape index (κ2) is 7.16. The Hall–Kier alpha value is -2.88. The van der Waals surface area contributed by atoms with Gasteiger partial charge in [-0.1, -0.05) is 30.4 Å². The molecule has 0 saturated carbocycles. The van der Waals surface area contributed by atoms with Crippen LogP contribution in [0.15, 0.2) is 54.9 Å². The van der Waals surface area contributed by atoms with E-state index >= 15 is 0 Å². The molecule has 1 N–H and O–H groups in total. The molecule has 0 saturated heterocycles. The summed E-state index contributed by atoms with van der Waals surface area (Å²) >= 11 is 0. The van der Waals surface area contributed by atoms with Gasteiger partial charge in [0, 0.05) is 12.4 Å². The molecule has 1 atom stereocenters. The largest absolute Gasteiger partial charge is 0.493 e. The molecule has 2 heterocycles. The Morgan fingerprint density at radius 2 is 2.23 bits per heavy atom. The normalized spacial score (nSPS) is 18.2. The second-order valence-electron chi connectivity index (χ2n) is 6.76. The number of rotatable bonds is 5. The van der Waals surface area contributed by atoms with Crippen molar-refractivity contribution in [3.8, 4) is 5.75 Å². The maximum Gasteiger partial charge on any atom is 0.336 e. The van der Waals surface area contributed by atoms with E-state index in [9.17, 15) is 9.90 Å². The number of nitrogens with zero attached hydrogens (tertiary/aromatic N) is 1. The van der Waals surface area contributed by atoms with Crippen molar-refractivity contribution in [2.45, 2.75) is 31.6 Å². The zero-order valence-corrected chi connectivity index (χ0v) is 14.5. The Morgan fingerprint density at radius 3 is 3.04 bits per heavy atom. The number of fused-ring (bicyclic) bond motifs is 1. The average molecular weight is 347 g/mol. The first-order valence-corrected chi connectivity index (χ1v) is 9.02. The van der Waals surface area contributed by atoms with Crippen molar-refractivity contribution in [1.82, 2.24) is 4.98 Å². The third-order valence-electron chi connectivity index (χ3n) is 5.18. The number of aromatic nitrogens is 1. The van der Waals surface area contributed by atoms with Crippen LogP contribution in [0.2, 0.25) is 0 Å². The Labute approximate surface area is 152 Å². The minimum absolute atomic E-state index is 0.350. The third-order valence-corrected chi connectivity index (χ3v) is 5.18. The number of carboxylic acids is 1. The van der Waals surface area contributed by atoms with Crippen molar-refractivity contribution >= 4 is 11.5 Å². The first-order valence-electron chi connectivity index (χ1n) is 9.02. The zero-order chi connectivity index (χ0) is 17.9. The number of carboxylic acid groups (broad SMARTS) is 1. The van der Waals surface area contributed by atoms with Crippen LogP contribution in [-0.2, 0) is 6.42 Å². The average Bonchev–Trinajstić information content (AvgIpc) is 3.21. The highest BCUT2D eigenvalue weighted by Crippen LogP contribution is 2.38. The van der Waals surface area contributed by atoms with Crippen LogP contribution in [0.4, 0.5) is 0 Å². The molecular formula is C22H21NO3. The summed E-state index contributed by atoms with van der Waals surface area (Å²) in [6.45, 7) is 0.703. The maximum atomic E-state index is 11.4. The topological polar surface area (TPSA) is 59.4 Å². The van der Waals surface area contributed by atoms with Gasteiger partial charge in [-0.05, 0) is 66.0 Å². The maximum absolute atomic E-state index is 11.4. The van der Waals surface area contributed by atoms with Gasteiger partial charge < -0.3 is 9.84 Å². The zero-order valence-electron chi connectivity index (χ0n) is 14.5. The molecule has 1 aliphatic heterocycles. The molecule has 4 heteroatoms. The minimum Gasteiger partial charge on any atom is -0.493 e. The van der Waals surface area contributed by atoms with Gasteiger partial charge in [0.25, 0.3) is 0 Å². The van der Waals surface area contributed by atoms with E-state index in [0.29, 0.717) is 24.5 Å². The monoisotopic (exact) mass is 347 g/mol. The van der Waals surface area contributed by atoms with E-state index in [1.165, 1.54) is 22.9 Å². The van der Waals surface area contributed by atoms with Gasteiger partial charge in [-0.25, -0.2) is 4.79 Å². The van der Waals surface area contributed by atoms with Gasteiger partial charge in [0.2, 0.25) is 0 Å². The molecule has 0 radical (unpaired) electrons. The van der Waals surface area contributed by atoms with E-state index in [4.69, 9.17) is 4.74 Å². The molecule has 0 bridgehead atoms. The van der Waals surface area contributed by atoms with Crippen molar-refractivity contribution in [3.63, 3.8) is 0 Å². The highest BCUT2D eigenvalue weighted by atomic mass is 16.5. The lowest BCUT2D eigenvalue weighted by Crippen LogP contribution is -2.15. The summed E-state index contributed by atoms with van der Waals surface area (Å²) < 4.78 is 5.91. The van der Waals surface area contributed by atoms with E-state index in [0.717, 1.165) is 30.6 Å². The molecule has 4 nitrogen and oxygen atoms in total. The molecule has 132 valence electrons. The van der Waals surface area contributed by atoms with E-state index in [1.807, 2.05) is 0 Å². The first kappa shape index (κ1) is 16.6. The number of hydrogen-bond acceptors (Lipinski definition) is 3. The van der Waals surface area contributed by atoms with Crippen molar-refractivity contribution in [3.05, 3.63) is 77.1 Å². The van der Waals surface area contributed by atoms with Gasteiger partial charge in [-0.15, -0.1) is 0 Å². The molecule has 1 unspecified atom stereocenters. The summed E-state index contributed by atoms with van der Waals surface area (Å²) in [7, 11) is 0. The summed E-state index contributed by atoms with van der Waals surface area (Å²) in [5, 5.41) is 9.34. The van der Waals surface area contributed by atoms with Gasteiger partial charge >= 0.3 is 5.97 Å². The van der Waals surface area contributed by atoms with Gasteiger partial charge in [0.15, 0.2) is 0 Å². The quantitative estimate of drug-likeness (QED) is 0.857. The van der Waals surface area contributed by atoms with E-state index < -0.39 is 5.97 Å². The molecule has 1 aliphatic carbocycles. The van der Waals surface area contributed by atoms with E-state index in [-0.39, 0.29) is 0 Å². The summed E-state index contributed by atoms with van der Waals surface area (Å²) in [5.41, 5.74) is 4.82. The SMILES string of the molecule is O=C(O)c1ccncc1CCC1CCOc2cc(C3=CCC=C3)ccc21. The highest BCUT2D eigenvalue weighted by Gasteiger charge is 2.23. The molecule has 26 heavy (non-hydrogen) atoms. The Balaban J connectivity index is 1.53. The molecule has 0 fully saturated rings. The summed E-state index contributed by atoms with van der Waals surface area (Å²) in [6.07, 6.45) is 13.3. The highest BCUT2D eigenvalue weighted by molar-refractivity contribution is 5.89. The van der Waals surface area contributed by atoms with Crippen LogP contribution in [0, 0.1) is 0 Å². The van der Waals surface area contributed by atoms with Gasteiger partial charge in [0.1, 0.15) is 5.75 Å².